The highest BCUT2D eigenvalue weighted by atomic mass is 31.1. The van der Waals surface area contributed by atoms with E-state index >= 15 is 0 Å². The standard InChI is InChI=1S/C37H42NOP/c1-26-18-27(2)21-32(20-26)40(33-22-28(3)19-29(4)23-33)25-37(30-14-10-8-11-15-30,31-16-12-9-13-17-31)35-38-34(24-39-35)36(5,6)7/h8-23,34H,24-25H2,1-7H3/t34-/m1/s1. The van der Waals surface area contributed by atoms with Crippen LogP contribution in [0.5, 0.6) is 0 Å². The van der Waals surface area contributed by atoms with E-state index in [1.54, 1.807) is 0 Å². The molecule has 4 aromatic carbocycles. The third kappa shape index (κ3) is 5.79. The van der Waals surface area contributed by atoms with Crippen LogP contribution < -0.4 is 10.6 Å². The highest BCUT2D eigenvalue weighted by molar-refractivity contribution is 7.73. The van der Waals surface area contributed by atoms with Gasteiger partial charge in [-0.2, -0.15) is 0 Å². The summed E-state index contributed by atoms with van der Waals surface area (Å²) >= 11 is 0. The normalized spacial score (nSPS) is 15.7. The molecular formula is C37H42NOP. The number of ether oxygens (including phenoxy) is 1. The van der Waals surface area contributed by atoms with Gasteiger partial charge < -0.3 is 4.74 Å². The van der Waals surface area contributed by atoms with E-state index in [1.165, 1.54) is 44.0 Å². The Bertz CT molecular complexity index is 1370. The quantitative estimate of drug-likeness (QED) is 0.214. The van der Waals surface area contributed by atoms with E-state index < -0.39 is 13.3 Å². The van der Waals surface area contributed by atoms with E-state index in [0.29, 0.717) is 6.61 Å². The Hall–Kier alpha value is -3.22. The van der Waals surface area contributed by atoms with Crippen LogP contribution in [0.1, 0.15) is 54.2 Å². The molecule has 0 N–H and O–H groups in total. The molecule has 0 aromatic heterocycles. The molecule has 1 heterocycles. The summed E-state index contributed by atoms with van der Waals surface area (Å²) in [5, 5.41) is 2.81. The largest absolute Gasteiger partial charge is 0.478 e. The first-order valence-electron chi connectivity index (χ1n) is 14.3. The first kappa shape index (κ1) is 28.3. The number of benzene rings is 4. The second kappa shape index (κ2) is 11.3. The van der Waals surface area contributed by atoms with Crippen molar-refractivity contribution in [1.29, 1.82) is 0 Å². The van der Waals surface area contributed by atoms with Gasteiger partial charge in [0.2, 0.25) is 0 Å². The lowest BCUT2D eigenvalue weighted by Gasteiger charge is -2.38. The number of aryl methyl sites for hydroxylation is 4. The van der Waals surface area contributed by atoms with Crippen LogP contribution in [0.15, 0.2) is 102 Å². The Morgan fingerprint density at radius 1 is 0.675 bits per heavy atom. The van der Waals surface area contributed by atoms with Crippen LogP contribution in [0.3, 0.4) is 0 Å². The number of aliphatic imine (C=N–C) groups is 1. The predicted molar refractivity (Wildman–Crippen MR) is 173 cm³/mol. The van der Waals surface area contributed by atoms with Crippen LogP contribution in [0.25, 0.3) is 0 Å². The second-order valence-corrected chi connectivity index (χ2v) is 14.7. The second-order valence-electron chi connectivity index (χ2n) is 12.5. The van der Waals surface area contributed by atoms with E-state index in [9.17, 15) is 0 Å². The van der Waals surface area contributed by atoms with Gasteiger partial charge in [-0.3, -0.25) is 0 Å². The maximum absolute atomic E-state index is 6.69. The Morgan fingerprint density at radius 3 is 1.48 bits per heavy atom. The summed E-state index contributed by atoms with van der Waals surface area (Å²) in [6.45, 7) is 16.3. The lowest BCUT2D eigenvalue weighted by molar-refractivity contribution is 0.229. The van der Waals surface area contributed by atoms with Gasteiger partial charge in [0, 0.05) is 0 Å². The molecular weight excluding hydrogens is 505 g/mol. The molecule has 40 heavy (non-hydrogen) atoms. The molecule has 0 radical (unpaired) electrons. The summed E-state index contributed by atoms with van der Waals surface area (Å²) in [4.78, 5) is 5.40. The Labute approximate surface area is 242 Å². The number of hydrogen-bond donors (Lipinski definition) is 0. The molecule has 0 spiro atoms. The van der Waals surface area contributed by atoms with Gasteiger partial charge in [-0.1, -0.05) is 140 Å². The van der Waals surface area contributed by atoms with Crippen LogP contribution in [0.4, 0.5) is 0 Å². The van der Waals surface area contributed by atoms with Crippen LogP contribution >= 0.6 is 7.92 Å². The lowest BCUT2D eigenvalue weighted by atomic mass is 9.75. The zero-order chi connectivity index (χ0) is 28.5. The van der Waals surface area contributed by atoms with Crippen molar-refractivity contribution in [3.63, 3.8) is 0 Å². The fraction of sp³-hybridized carbons (Fsp3) is 0.324. The molecule has 5 rings (SSSR count). The summed E-state index contributed by atoms with van der Waals surface area (Å²) < 4.78 is 6.69. The minimum absolute atomic E-state index is 0.0207. The van der Waals surface area contributed by atoms with Gasteiger partial charge in [0.15, 0.2) is 5.90 Å². The van der Waals surface area contributed by atoms with Crippen molar-refractivity contribution < 1.29 is 4.74 Å². The van der Waals surface area contributed by atoms with E-state index in [4.69, 9.17) is 9.73 Å². The first-order chi connectivity index (χ1) is 19.1. The van der Waals surface area contributed by atoms with Crippen LogP contribution in [0.2, 0.25) is 0 Å². The Kier molecular flexibility index (Phi) is 8.03. The summed E-state index contributed by atoms with van der Waals surface area (Å²) in [7, 11) is -0.770. The number of hydrogen-bond acceptors (Lipinski definition) is 2. The van der Waals surface area contributed by atoms with Gasteiger partial charge >= 0.3 is 0 Å². The number of rotatable bonds is 7. The molecule has 1 aliphatic rings. The van der Waals surface area contributed by atoms with Crippen LogP contribution in [-0.2, 0) is 10.2 Å². The molecule has 0 unspecified atom stereocenters. The fourth-order valence-electron chi connectivity index (χ4n) is 5.94. The smallest absolute Gasteiger partial charge is 0.199 e. The van der Waals surface area contributed by atoms with Crippen molar-refractivity contribution in [1.82, 2.24) is 0 Å². The lowest BCUT2D eigenvalue weighted by Crippen LogP contribution is -2.42. The molecule has 2 nitrogen and oxygen atoms in total. The van der Waals surface area contributed by atoms with Crippen molar-refractivity contribution in [2.24, 2.45) is 10.4 Å². The molecule has 206 valence electrons. The minimum atomic E-state index is -0.770. The molecule has 0 aliphatic carbocycles. The molecule has 0 saturated heterocycles. The summed E-state index contributed by atoms with van der Waals surface area (Å²) in [5.41, 5.74) is 7.18. The topological polar surface area (TPSA) is 21.6 Å². The average Bonchev–Trinajstić information content (AvgIpc) is 3.41. The zero-order valence-electron chi connectivity index (χ0n) is 25.0. The van der Waals surface area contributed by atoms with Gasteiger partial charge in [-0.25, -0.2) is 4.99 Å². The molecule has 3 heteroatoms. The maximum Gasteiger partial charge on any atom is 0.199 e. The average molecular weight is 548 g/mol. The van der Waals surface area contributed by atoms with Crippen molar-refractivity contribution in [3.05, 3.63) is 130 Å². The van der Waals surface area contributed by atoms with Crippen molar-refractivity contribution in [2.45, 2.75) is 59.9 Å². The van der Waals surface area contributed by atoms with Gasteiger partial charge in [-0.15, -0.1) is 0 Å². The van der Waals surface area contributed by atoms with Crippen molar-refractivity contribution in [2.75, 3.05) is 12.8 Å². The SMILES string of the molecule is Cc1cc(C)cc(P(CC(C2=N[C@@H](C(C)(C)C)CO2)(c2ccccc2)c2ccccc2)c2cc(C)cc(C)c2)c1. The van der Waals surface area contributed by atoms with Gasteiger partial charge in [0.25, 0.3) is 0 Å². The first-order valence-corrected chi connectivity index (χ1v) is 15.9. The summed E-state index contributed by atoms with van der Waals surface area (Å²) in [5.74, 6) is 0.853. The maximum atomic E-state index is 6.69. The molecule has 4 aromatic rings. The van der Waals surface area contributed by atoms with E-state index in [1.807, 2.05) is 0 Å². The molecule has 0 amide bonds. The summed E-state index contributed by atoms with van der Waals surface area (Å²) in [6.07, 6.45) is 0.873. The third-order valence-electron chi connectivity index (χ3n) is 7.98. The molecule has 0 saturated carbocycles. The highest BCUT2D eigenvalue weighted by Crippen LogP contribution is 2.48. The highest BCUT2D eigenvalue weighted by Gasteiger charge is 2.47. The van der Waals surface area contributed by atoms with Crippen LogP contribution in [-0.4, -0.2) is 24.7 Å². The van der Waals surface area contributed by atoms with Crippen LogP contribution in [0, 0.1) is 33.1 Å². The molecule has 0 fully saturated rings. The fourth-order valence-corrected chi connectivity index (χ4v) is 9.02. The van der Waals surface area contributed by atoms with Gasteiger partial charge in [-0.05, 0) is 68.9 Å². The van der Waals surface area contributed by atoms with Crippen molar-refractivity contribution in [3.8, 4) is 0 Å². The van der Waals surface area contributed by atoms with E-state index in [2.05, 4.69) is 146 Å². The predicted octanol–water partition coefficient (Wildman–Crippen LogP) is 8.18. The number of nitrogens with zero attached hydrogens (tertiary/aromatic N) is 1. The van der Waals surface area contributed by atoms with Gasteiger partial charge in [0.05, 0.1) is 6.04 Å². The minimum Gasteiger partial charge on any atom is -0.478 e. The molecule has 1 atom stereocenters. The monoisotopic (exact) mass is 547 g/mol. The Balaban J connectivity index is 1.81. The Morgan fingerprint density at radius 2 is 1.10 bits per heavy atom. The van der Waals surface area contributed by atoms with Gasteiger partial charge in [0.1, 0.15) is 12.0 Å². The zero-order valence-corrected chi connectivity index (χ0v) is 25.9. The molecule has 1 aliphatic heterocycles. The van der Waals surface area contributed by atoms with Crippen molar-refractivity contribution >= 4 is 24.4 Å². The molecule has 0 bridgehead atoms. The van der Waals surface area contributed by atoms with E-state index in [-0.39, 0.29) is 11.5 Å². The third-order valence-corrected chi connectivity index (χ3v) is 10.5. The summed E-state index contributed by atoms with van der Waals surface area (Å²) in [6, 6.07) is 36.1. The van der Waals surface area contributed by atoms with E-state index in [0.717, 1.165) is 12.1 Å².